The predicted octanol–water partition coefficient (Wildman–Crippen LogP) is 3.15. The summed E-state index contributed by atoms with van der Waals surface area (Å²) in [6.07, 6.45) is -0.328. The van der Waals surface area contributed by atoms with Crippen LogP contribution in [0.5, 0.6) is 0 Å². The van der Waals surface area contributed by atoms with Crippen LogP contribution in [-0.2, 0) is 4.74 Å². The van der Waals surface area contributed by atoms with Gasteiger partial charge in [-0.25, -0.2) is 9.18 Å². The Kier molecular flexibility index (Phi) is 4.56. The molecule has 0 aromatic heterocycles. The number of rotatable bonds is 2. The van der Waals surface area contributed by atoms with E-state index in [1.165, 1.54) is 4.90 Å². The molecule has 3 amide bonds. The van der Waals surface area contributed by atoms with Gasteiger partial charge in [-0.15, -0.1) is 0 Å². The Morgan fingerprint density at radius 3 is 2.23 bits per heavy atom. The Hall–Kier alpha value is -2.70. The van der Waals surface area contributed by atoms with E-state index in [2.05, 4.69) is 0 Å². The van der Waals surface area contributed by atoms with Gasteiger partial charge >= 0.3 is 6.09 Å². The fraction of sp³-hybridized carbons (Fsp3) is 0.421. The molecule has 0 fully saturated rings. The highest BCUT2D eigenvalue weighted by atomic mass is 19.1. The lowest BCUT2D eigenvalue weighted by atomic mass is 10.1. The molecule has 0 aliphatic carbocycles. The number of halogens is 1. The maximum atomic E-state index is 14.5. The topological polar surface area (TPSA) is 66.9 Å². The molecule has 0 spiro atoms. The molecule has 0 unspecified atom stereocenters. The van der Waals surface area contributed by atoms with Crippen molar-refractivity contribution in [3.8, 4) is 0 Å². The van der Waals surface area contributed by atoms with Crippen LogP contribution in [-0.4, -0.2) is 52.9 Å². The molecule has 2 heterocycles. The quantitative estimate of drug-likeness (QED) is 0.760. The van der Waals surface area contributed by atoms with Crippen LogP contribution in [0.1, 0.15) is 47.9 Å². The van der Waals surface area contributed by atoms with Crippen molar-refractivity contribution in [3.05, 3.63) is 46.8 Å². The average molecular weight is 360 g/mol. The summed E-state index contributed by atoms with van der Waals surface area (Å²) in [6, 6.07) is 6.55. The van der Waals surface area contributed by atoms with Gasteiger partial charge in [0.15, 0.2) is 0 Å². The van der Waals surface area contributed by atoms with Crippen LogP contribution < -0.4 is 0 Å². The zero-order valence-corrected chi connectivity index (χ0v) is 15.0. The highest BCUT2D eigenvalue weighted by Gasteiger charge is 2.37. The van der Waals surface area contributed by atoms with Gasteiger partial charge < -0.3 is 9.64 Å². The summed E-state index contributed by atoms with van der Waals surface area (Å²) < 4.78 is 19.8. The number of ether oxygens (including phenoxy) is 1. The van der Waals surface area contributed by atoms with Crippen molar-refractivity contribution < 1.29 is 23.5 Å². The number of hydrogen-bond acceptors (Lipinski definition) is 4. The smallest absolute Gasteiger partial charge is 0.410 e. The van der Waals surface area contributed by atoms with Crippen LogP contribution in [0.4, 0.5) is 9.18 Å². The van der Waals surface area contributed by atoms with Crippen molar-refractivity contribution in [1.82, 2.24) is 9.80 Å². The summed E-state index contributed by atoms with van der Waals surface area (Å²) in [5.41, 5.74) is 0.381. The van der Waals surface area contributed by atoms with Crippen LogP contribution in [0.2, 0.25) is 0 Å². The molecular weight excluding hydrogens is 339 g/mol. The van der Waals surface area contributed by atoms with Gasteiger partial charge in [-0.3, -0.25) is 14.5 Å². The number of carbonyl (C=O) groups is 3. The number of carbonyl (C=O) groups excluding carboxylic acids is 3. The zero-order valence-electron chi connectivity index (χ0n) is 15.0. The first kappa shape index (κ1) is 18.1. The van der Waals surface area contributed by atoms with Crippen molar-refractivity contribution in [3.63, 3.8) is 0 Å². The van der Waals surface area contributed by atoms with Crippen LogP contribution in [0.15, 0.2) is 35.7 Å². The number of benzene rings is 1. The second-order valence-electron chi connectivity index (χ2n) is 7.40. The van der Waals surface area contributed by atoms with E-state index in [0.717, 1.165) is 4.90 Å². The molecule has 0 saturated carbocycles. The molecule has 0 bridgehead atoms. The van der Waals surface area contributed by atoms with E-state index in [1.807, 2.05) is 0 Å². The summed E-state index contributed by atoms with van der Waals surface area (Å²) in [7, 11) is 0. The highest BCUT2D eigenvalue weighted by Crippen LogP contribution is 2.27. The van der Waals surface area contributed by atoms with Crippen LogP contribution in [0.3, 0.4) is 0 Å². The van der Waals surface area contributed by atoms with Gasteiger partial charge in [-0.05, 0) is 44.9 Å². The molecule has 7 heteroatoms. The second kappa shape index (κ2) is 6.55. The minimum absolute atomic E-state index is 0.0969. The fourth-order valence-electron chi connectivity index (χ4n) is 2.98. The van der Waals surface area contributed by atoms with Crippen molar-refractivity contribution in [2.75, 3.05) is 19.6 Å². The lowest BCUT2D eigenvalue weighted by Gasteiger charge is -2.31. The van der Waals surface area contributed by atoms with E-state index in [4.69, 9.17) is 4.74 Å². The average Bonchev–Trinajstić information content (AvgIpc) is 2.80. The third-order valence-corrected chi connectivity index (χ3v) is 4.28. The molecule has 1 aromatic rings. The molecule has 138 valence electrons. The Bertz CT molecular complexity index is 775. The van der Waals surface area contributed by atoms with Crippen molar-refractivity contribution in [2.45, 2.75) is 32.8 Å². The van der Waals surface area contributed by atoms with Gasteiger partial charge in [0, 0.05) is 6.54 Å². The van der Waals surface area contributed by atoms with Gasteiger partial charge in [-0.2, -0.15) is 0 Å². The number of imide groups is 1. The molecule has 0 saturated heterocycles. The van der Waals surface area contributed by atoms with Gasteiger partial charge in [0.2, 0.25) is 0 Å². The maximum Gasteiger partial charge on any atom is 0.410 e. The summed E-state index contributed by atoms with van der Waals surface area (Å²) >= 11 is 0. The molecule has 3 rings (SSSR count). The number of nitrogens with zero attached hydrogens (tertiary/aromatic N) is 2. The highest BCUT2D eigenvalue weighted by molar-refractivity contribution is 6.21. The maximum absolute atomic E-state index is 14.5. The standard InChI is InChI=1S/C19H21FN2O4/c1-19(2,3)26-18(25)21-9-8-12(15(20)11-21)10-22-16(23)13-6-4-5-7-14(13)17(22)24/h4-7H,8-11H2,1-3H3. The van der Waals surface area contributed by atoms with E-state index in [0.29, 0.717) is 16.7 Å². The predicted molar refractivity (Wildman–Crippen MR) is 92.4 cm³/mol. The monoisotopic (exact) mass is 360 g/mol. The van der Waals surface area contributed by atoms with Crippen LogP contribution in [0.25, 0.3) is 0 Å². The van der Waals surface area contributed by atoms with E-state index >= 15 is 0 Å². The SMILES string of the molecule is CC(C)(C)OC(=O)N1CCC(CN2C(=O)c3ccccc3C2=O)=C(F)C1. The number of hydrogen-bond donors (Lipinski definition) is 0. The Morgan fingerprint density at radius 2 is 1.73 bits per heavy atom. The zero-order chi connectivity index (χ0) is 19.1. The number of amides is 3. The van der Waals surface area contributed by atoms with Gasteiger partial charge in [0.25, 0.3) is 11.8 Å². The third-order valence-electron chi connectivity index (χ3n) is 4.28. The summed E-state index contributed by atoms with van der Waals surface area (Å²) in [5, 5.41) is 0. The second-order valence-corrected chi connectivity index (χ2v) is 7.40. The normalized spacial score (nSPS) is 17.7. The van der Waals surface area contributed by atoms with E-state index in [1.54, 1.807) is 45.0 Å². The van der Waals surface area contributed by atoms with Gasteiger partial charge in [-0.1, -0.05) is 12.1 Å². The van der Waals surface area contributed by atoms with E-state index < -0.39 is 29.3 Å². The molecule has 2 aliphatic rings. The first-order chi connectivity index (χ1) is 12.2. The first-order valence-electron chi connectivity index (χ1n) is 8.47. The Labute approximate surface area is 151 Å². The van der Waals surface area contributed by atoms with Crippen LogP contribution >= 0.6 is 0 Å². The summed E-state index contributed by atoms with van der Waals surface area (Å²) in [5.74, 6) is -1.33. The Balaban J connectivity index is 1.70. The van der Waals surface area contributed by atoms with Crippen molar-refractivity contribution in [1.29, 1.82) is 0 Å². The van der Waals surface area contributed by atoms with E-state index in [-0.39, 0.29) is 26.1 Å². The molecule has 0 atom stereocenters. The minimum atomic E-state index is -0.655. The minimum Gasteiger partial charge on any atom is -0.444 e. The largest absolute Gasteiger partial charge is 0.444 e. The van der Waals surface area contributed by atoms with Crippen LogP contribution in [0, 0.1) is 0 Å². The first-order valence-corrected chi connectivity index (χ1v) is 8.47. The number of fused-ring (bicyclic) bond motifs is 1. The molecule has 2 aliphatic heterocycles. The molecule has 26 heavy (non-hydrogen) atoms. The lowest BCUT2D eigenvalue weighted by Crippen LogP contribution is -2.42. The molecule has 6 nitrogen and oxygen atoms in total. The summed E-state index contributed by atoms with van der Waals surface area (Å²) in [6.45, 7) is 5.20. The van der Waals surface area contributed by atoms with Gasteiger partial charge in [0.1, 0.15) is 11.4 Å². The van der Waals surface area contributed by atoms with E-state index in [9.17, 15) is 18.8 Å². The lowest BCUT2D eigenvalue weighted by molar-refractivity contribution is 0.0243. The Morgan fingerprint density at radius 1 is 1.15 bits per heavy atom. The molecule has 1 aromatic carbocycles. The molecular formula is C19H21FN2O4. The third kappa shape index (κ3) is 3.47. The fourth-order valence-corrected chi connectivity index (χ4v) is 2.98. The molecule has 0 radical (unpaired) electrons. The molecule has 0 N–H and O–H groups in total. The van der Waals surface area contributed by atoms with Gasteiger partial charge in [0.05, 0.1) is 24.2 Å². The van der Waals surface area contributed by atoms with Crippen molar-refractivity contribution in [2.24, 2.45) is 0 Å². The summed E-state index contributed by atoms with van der Waals surface area (Å²) in [4.78, 5) is 39.2. The van der Waals surface area contributed by atoms with Crippen molar-refractivity contribution >= 4 is 17.9 Å².